The van der Waals surface area contributed by atoms with Crippen LogP contribution in [-0.2, 0) is 0 Å². The zero-order chi connectivity index (χ0) is 13.4. The molecule has 3 N–H and O–H groups in total. The third-order valence-corrected chi connectivity index (χ3v) is 3.49. The first-order valence-electron chi connectivity index (χ1n) is 6.85. The number of phenolic OH excluding ortho intramolecular Hbond substituents is 1. The van der Waals surface area contributed by atoms with E-state index in [2.05, 4.69) is 19.2 Å². The van der Waals surface area contributed by atoms with Crippen LogP contribution in [0.15, 0.2) is 24.3 Å². The lowest BCUT2D eigenvalue weighted by Crippen LogP contribution is -2.27. The normalized spacial score (nSPS) is 14.4. The number of nitrogens with one attached hydrogen (secondary N) is 1. The molecule has 0 aliphatic rings. The van der Waals surface area contributed by atoms with Crippen molar-refractivity contribution in [2.75, 3.05) is 13.2 Å². The van der Waals surface area contributed by atoms with Gasteiger partial charge in [-0.15, -0.1) is 0 Å². The molecule has 18 heavy (non-hydrogen) atoms. The molecule has 1 aromatic carbocycles. The summed E-state index contributed by atoms with van der Waals surface area (Å²) in [4.78, 5) is 0. The van der Waals surface area contributed by atoms with Crippen molar-refractivity contribution in [2.24, 2.45) is 5.92 Å². The molecule has 1 rings (SSSR count). The van der Waals surface area contributed by atoms with Crippen LogP contribution in [0.4, 0.5) is 0 Å². The van der Waals surface area contributed by atoms with Crippen LogP contribution in [0.3, 0.4) is 0 Å². The number of benzene rings is 1. The van der Waals surface area contributed by atoms with Gasteiger partial charge in [-0.3, -0.25) is 0 Å². The van der Waals surface area contributed by atoms with E-state index in [1.165, 1.54) is 0 Å². The average Bonchev–Trinajstić information content (AvgIpc) is 2.40. The van der Waals surface area contributed by atoms with Crippen LogP contribution in [0, 0.1) is 5.92 Å². The van der Waals surface area contributed by atoms with Crippen molar-refractivity contribution < 1.29 is 10.2 Å². The Bertz CT molecular complexity index is 341. The minimum absolute atomic E-state index is 0.180. The largest absolute Gasteiger partial charge is 0.508 e. The first-order valence-corrected chi connectivity index (χ1v) is 6.85. The highest BCUT2D eigenvalue weighted by Crippen LogP contribution is 2.26. The van der Waals surface area contributed by atoms with Crippen LogP contribution in [0.1, 0.15) is 44.7 Å². The van der Waals surface area contributed by atoms with Gasteiger partial charge in [-0.2, -0.15) is 0 Å². The van der Waals surface area contributed by atoms with Crippen LogP contribution in [0.2, 0.25) is 0 Å². The summed E-state index contributed by atoms with van der Waals surface area (Å²) < 4.78 is 0. The Balaban J connectivity index is 2.60. The van der Waals surface area contributed by atoms with Crippen molar-refractivity contribution in [1.82, 2.24) is 5.32 Å². The van der Waals surface area contributed by atoms with Crippen LogP contribution in [-0.4, -0.2) is 23.4 Å². The van der Waals surface area contributed by atoms with Crippen molar-refractivity contribution >= 4 is 0 Å². The van der Waals surface area contributed by atoms with Crippen molar-refractivity contribution in [3.8, 4) is 5.75 Å². The Labute approximate surface area is 110 Å². The fourth-order valence-electron chi connectivity index (χ4n) is 2.20. The number of phenols is 1. The molecule has 1 aromatic rings. The first kappa shape index (κ1) is 15.0. The topological polar surface area (TPSA) is 52.5 Å². The zero-order valence-corrected chi connectivity index (χ0v) is 11.4. The standard InChI is InChI=1S/C15H25NO2/c1-3-12(9-10-17)11-16-14(4-2)13-7-5-6-8-15(13)18/h5-8,12,14,16-18H,3-4,9-11H2,1-2H3. The second-order valence-electron chi connectivity index (χ2n) is 4.71. The molecule has 0 heterocycles. The van der Waals surface area contributed by atoms with Gasteiger partial charge < -0.3 is 15.5 Å². The third-order valence-electron chi connectivity index (χ3n) is 3.49. The molecule has 0 spiro atoms. The predicted molar refractivity (Wildman–Crippen MR) is 74.6 cm³/mol. The molecule has 3 heteroatoms. The summed E-state index contributed by atoms with van der Waals surface area (Å²) in [7, 11) is 0. The number of hydrogen-bond donors (Lipinski definition) is 3. The lowest BCUT2D eigenvalue weighted by Gasteiger charge is -2.22. The SMILES string of the molecule is CCC(CCO)CNC(CC)c1ccccc1O. The molecule has 0 aliphatic heterocycles. The molecule has 3 nitrogen and oxygen atoms in total. The number of aliphatic hydroxyl groups excluding tert-OH is 1. The molecule has 0 saturated heterocycles. The molecule has 0 aromatic heterocycles. The second-order valence-corrected chi connectivity index (χ2v) is 4.71. The molecule has 0 fully saturated rings. The molecular weight excluding hydrogens is 226 g/mol. The Hall–Kier alpha value is -1.06. The van der Waals surface area contributed by atoms with E-state index in [-0.39, 0.29) is 12.6 Å². The number of hydrogen-bond acceptors (Lipinski definition) is 3. The molecule has 0 radical (unpaired) electrons. The van der Waals surface area contributed by atoms with Crippen LogP contribution >= 0.6 is 0 Å². The Morgan fingerprint density at radius 1 is 1.17 bits per heavy atom. The molecule has 2 atom stereocenters. The van der Waals surface area contributed by atoms with Gasteiger partial charge in [0.05, 0.1) is 0 Å². The van der Waals surface area contributed by atoms with Gasteiger partial charge in [0, 0.05) is 18.2 Å². The van der Waals surface area contributed by atoms with Crippen molar-refractivity contribution in [2.45, 2.75) is 39.2 Å². The van der Waals surface area contributed by atoms with E-state index >= 15 is 0 Å². The number of para-hydroxylation sites is 1. The zero-order valence-electron chi connectivity index (χ0n) is 11.4. The summed E-state index contributed by atoms with van der Waals surface area (Å²) in [6.45, 7) is 5.37. The first-order chi connectivity index (χ1) is 8.72. The van der Waals surface area contributed by atoms with Crippen LogP contribution < -0.4 is 5.32 Å². The maximum Gasteiger partial charge on any atom is 0.120 e. The van der Waals surface area contributed by atoms with E-state index in [9.17, 15) is 5.11 Å². The van der Waals surface area contributed by atoms with Crippen LogP contribution in [0.25, 0.3) is 0 Å². The van der Waals surface area contributed by atoms with Gasteiger partial charge in [0.25, 0.3) is 0 Å². The number of rotatable bonds is 8. The Morgan fingerprint density at radius 2 is 1.89 bits per heavy atom. The lowest BCUT2D eigenvalue weighted by molar-refractivity contribution is 0.248. The lowest BCUT2D eigenvalue weighted by atomic mass is 9.99. The molecular formula is C15H25NO2. The molecule has 102 valence electrons. The highest BCUT2D eigenvalue weighted by molar-refractivity contribution is 5.34. The fourth-order valence-corrected chi connectivity index (χ4v) is 2.20. The van der Waals surface area contributed by atoms with Gasteiger partial charge in [0.15, 0.2) is 0 Å². The summed E-state index contributed by atoms with van der Waals surface area (Å²) in [5.41, 5.74) is 0.957. The monoisotopic (exact) mass is 251 g/mol. The summed E-state index contributed by atoms with van der Waals surface area (Å²) in [5.74, 6) is 0.849. The van der Waals surface area contributed by atoms with Gasteiger partial charge in [0.1, 0.15) is 5.75 Å². The van der Waals surface area contributed by atoms with E-state index < -0.39 is 0 Å². The summed E-state index contributed by atoms with van der Waals surface area (Å²) in [5, 5.41) is 22.3. The molecule has 0 bridgehead atoms. The van der Waals surface area contributed by atoms with Gasteiger partial charge in [0.2, 0.25) is 0 Å². The van der Waals surface area contributed by atoms with E-state index in [1.807, 2.05) is 18.2 Å². The maximum absolute atomic E-state index is 9.86. The predicted octanol–water partition coefficient (Wildman–Crippen LogP) is 2.84. The minimum atomic E-state index is 0.180. The van der Waals surface area contributed by atoms with Gasteiger partial charge in [-0.25, -0.2) is 0 Å². The molecule has 0 amide bonds. The van der Waals surface area contributed by atoms with Crippen LogP contribution in [0.5, 0.6) is 5.75 Å². The highest BCUT2D eigenvalue weighted by atomic mass is 16.3. The minimum Gasteiger partial charge on any atom is -0.508 e. The summed E-state index contributed by atoms with van der Waals surface area (Å²) >= 11 is 0. The third kappa shape index (κ3) is 4.31. The summed E-state index contributed by atoms with van der Waals surface area (Å²) in [6, 6.07) is 7.66. The van der Waals surface area contributed by atoms with E-state index in [0.717, 1.165) is 31.4 Å². The van der Waals surface area contributed by atoms with Gasteiger partial charge in [-0.05, 0) is 31.4 Å². The molecule has 0 aliphatic carbocycles. The van der Waals surface area contributed by atoms with Crippen molar-refractivity contribution in [3.05, 3.63) is 29.8 Å². The quantitative estimate of drug-likeness (QED) is 0.666. The van der Waals surface area contributed by atoms with E-state index in [1.54, 1.807) is 6.07 Å². The maximum atomic E-state index is 9.86. The molecule has 2 unspecified atom stereocenters. The Kier molecular flexibility index (Phi) is 6.76. The smallest absolute Gasteiger partial charge is 0.120 e. The average molecular weight is 251 g/mol. The number of aliphatic hydroxyl groups is 1. The van der Waals surface area contributed by atoms with E-state index in [0.29, 0.717) is 11.7 Å². The Morgan fingerprint density at radius 3 is 2.44 bits per heavy atom. The fraction of sp³-hybridized carbons (Fsp3) is 0.600. The van der Waals surface area contributed by atoms with Crippen molar-refractivity contribution in [3.63, 3.8) is 0 Å². The number of aromatic hydroxyl groups is 1. The van der Waals surface area contributed by atoms with E-state index in [4.69, 9.17) is 5.11 Å². The molecule has 0 saturated carbocycles. The van der Waals surface area contributed by atoms with Gasteiger partial charge in [-0.1, -0.05) is 38.5 Å². The second kappa shape index (κ2) is 8.11. The summed E-state index contributed by atoms with van der Waals surface area (Å²) in [6.07, 6.45) is 2.83. The van der Waals surface area contributed by atoms with Gasteiger partial charge >= 0.3 is 0 Å². The highest BCUT2D eigenvalue weighted by Gasteiger charge is 2.14. The van der Waals surface area contributed by atoms with Crippen molar-refractivity contribution in [1.29, 1.82) is 0 Å².